The van der Waals surface area contributed by atoms with Crippen molar-refractivity contribution < 1.29 is 4.92 Å². The topological polar surface area (TPSA) is 79.8 Å². The molecule has 17 heavy (non-hydrogen) atoms. The van der Waals surface area contributed by atoms with E-state index in [0.29, 0.717) is 9.86 Å². The molecule has 0 fully saturated rings. The van der Waals surface area contributed by atoms with Crippen molar-refractivity contribution in [2.24, 2.45) is 0 Å². The van der Waals surface area contributed by atoms with Crippen LogP contribution in [0, 0.1) is 21.4 Å². The highest BCUT2D eigenvalue weighted by Gasteiger charge is 2.21. The van der Waals surface area contributed by atoms with E-state index >= 15 is 0 Å². The molecule has 1 aromatic carbocycles. The summed E-state index contributed by atoms with van der Waals surface area (Å²) in [6.45, 7) is 0. The largest absolute Gasteiger partial charge is 0.296 e. The van der Waals surface area contributed by atoms with Gasteiger partial charge in [0.15, 0.2) is 0 Å². The lowest BCUT2D eigenvalue weighted by atomic mass is 10.1. The first-order valence-corrected chi connectivity index (χ1v) is 5.54. The molecule has 0 N–H and O–H groups in total. The number of nitro benzene ring substituents is 1. The zero-order chi connectivity index (χ0) is 12.6. The molecule has 2 aromatic rings. The number of hydrogen-bond donors (Lipinski definition) is 0. The number of nitrogens with zero attached hydrogens (tertiary/aromatic N) is 3. The predicted octanol–water partition coefficient (Wildman–Crippen LogP) is 3.43. The Morgan fingerprint density at radius 3 is 2.82 bits per heavy atom. The molecule has 0 unspecified atom stereocenters. The van der Waals surface area contributed by atoms with Crippen LogP contribution in [0.15, 0.2) is 22.8 Å². The zero-order valence-electron chi connectivity index (χ0n) is 8.15. The van der Waals surface area contributed by atoms with Crippen LogP contribution in [0.5, 0.6) is 0 Å². The molecule has 0 aliphatic rings. The average molecular weight is 313 g/mol. The Balaban J connectivity index is 3.05. The minimum Gasteiger partial charge on any atom is -0.258 e. The van der Waals surface area contributed by atoms with Crippen molar-refractivity contribution in [2.45, 2.75) is 0 Å². The van der Waals surface area contributed by atoms with Crippen LogP contribution in [-0.4, -0.2) is 9.91 Å². The lowest BCUT2D eigenvalue weighted by Gasteiger charge is -2.04. The highest BCUT2D eigenvalue weighted by atomic mass is 79.9. The third-order valence-corrected chi connectivity index (χ3v) is 3.12. The number of aromatic nitrogens is 1. The van der Waals surface area contributed by atoms with Gasteiger partial charge in [0.1, 0.15) is 16.8 Å². The highest BCUT2D eigenvalue weighted by Crippen LogP contribution is 2.37. The van der Waals surface area contributed by atoms with Crippen LogP contribution < -0.4 is 0 Å². The van der Waals surface area contributed by atoms with Gasteiger partial charge in [-0.2, -0.15) is 5.26 Å². The third-order valence-electron chi connectivity index (χ3n) is 2.22. The number of nitriles is 1. The molecule has 0 aliphatic carbocycles. The van der Waals surface area contributed by atoms with Crippen molar-refractivity contribution in [3.8, 4) is 6.07 Å². The van der Waals surface area contributed by atoms with Crippen LogP contribution in [0.3, 0.4) is 0 Å². The first kappa shape index (κ1) is 11.8. The summed E-state index contributed by atoms with van der Waals surface area (Å²) in [5.41, 5.74) is -0.0992. The van der Waals surface area contributed by atoms with Crippen LogP contribution in [-0.2, 0) is 0 Å². The Morgan fingerprint density at radius 1 is 1.53 bits per heavy atom. The summed E-state index contributed by atoms with van der Waals surface area (Å²) in [7, 11) is 0. The lowest BCUT2D eigenvalue weighted by molar-refractivity contribution is -0.382. The smallest absolute Gasteiger partial charge is 0.258 e. The Hall–Kier alpha value is -1.71. The maximum atomic E-state index is 11.0. The van der Waals surface area contributed by atoms with E-state index in [-0.39, 0.29) is 21.8 Å². The first-order chi connectivity index (χ1) is 8.06. The molecule has 0 amide bonds. The minimum absolute atomic E-state index is 0.0262. The number of rotatable bonds is 1. The van der Waals surface area contributed by atoms with E-state index in [1.165, 1.54) is 12.3 Å². The molecular formula is C10H3BrClN3O2. The summed E-state index contributed by atoms with van der Waals surface area (Å²) in [6, 6.07) is 4.81. The van der Waals surface area contributed by atoms with Gasteiger partial charge in [-0.05, 0) is 28.1 Å². The molecule has 1 aromatic heterocycles. The molecule has 5 nitrogen and oxygen atoms in total. The maximum absolute atomic E-state index is 11.0. The first-order valence-electron chi connectivity index (χ1n) is 4.37. The predicted molar refractivity (Wildman–Crippen MR) is 65.8 cm³/mol. The molecule has 1 heterocycles. The Kier molecular flexibility index (Phi) is 2.96. The van der Waals surface area contributed by atoms with Gasteiger partial charge in [0.25, 0.3) is 5.69 Å². The van der Waals surface area contributed by atoms with E-state index in [1.807, 2.05) is 6.07 Å². The van der Waals surface area contributed by atoms with Crippen molar-refractivity contribution in [3.63, 3.8) is 0 Å². The molecule has 2 rings (SSSR count). The summed E-state index contributed by atoms with van der Waals surface area (Å²) in [4.78, 5) is 14.3. The molecule has 0 radical (unpaired) electrons. The SMILES string of the molecule is N#Cc1ncc(Br)c2c([N+](=O)[O-])c(Cl)ccc12. The van der Waals surface area contributed by atoms with Crippen LogP contribution in [0.25, 0.3) is 10.8 Å². The van der Waals surface area contributed by atoms with Crippen LogP contribution >= 0.6 is 27.5 Å². The van der Waals surface area contributed by atoms with Crippen molar-refractivity contribution in [1.82, 2.24) is 4.98 Å². The number of pyridine rings is 1. The molecular weight excluding hydrogens is 309 g/mol. The summed E-state index contributed by atoms with van der Waals surface area (Å²) >= 11 is 8.98. The maximum Gasteiger partial charge on any atom is 0.296 e. The van der Waals surface area contributed by atoms with Crippen LogP contribution in [0.4, 0.5) is 5.69 Å². The molecule has 0 bridgehead atoms. The van der Waals surface area contributed by atoms with Gasteiger partial charge in [-0.1, -0.05) is 11.6 Å². The molecule has 0 atom stereocenters. The summed E-state index contributed by atoms with van der Waals surface area (Å²) in [5.74, 6) is 0. The Morgan fingerprint density at radius 2 is 2.24 bits per heavy atom. The Labute approximate surface area is 109 Å². The quantitative estimate of drug-likeness (QED) is 0.597. The fourth-order valence-electron chi connectivity index (χ4n) is 1.53. The second kappa shape index (κ2) is 4.28. The zero-order valence-corrected chi connectivity index (χ0v) is 10.5. The fraction of sp³-hybridized carbons (Fsp3) is 0. The lowest BCUT2D eigenvalue weighted by Crippen LogP contribution is -1.94. The second-order valence-electron chi connectivity index (χ2n) is 3.14. The molecule has 84 valence electrons. The van der Waals surface area contributed by atoms with Gasteiger partial charge in [0, 0.05) is 11.6 Å². The second-order valence-corrected chi connectivity index (χ2v) is 4.40. The van der Waals surface area contributed by atoms with E-state index < -0.39 is 4.92 Å². The summed E-state index contributed by atoms with van der Waals surface area (Å²) < 4.78 is 0.431. The fourth-order valence-corrected chi connectivity index (χ4v) is 2.26. The van der Waals surface area contributed by atoms with Gasteiger partial charge in [-0.3, -0.25) is 10.1 Å². The molecule has 0 saturated carbocycles. The van der Waals surface area contributed by atoms with Crippen LogP contribution in [0.1, 0.15) is 5.69 Å². The minimum atomic E-state index is -0.573. The van der Waals surface area contributed by atoms with E-state index in [2.05, 4.69) is 20.9 Å². The number of hydrogen-bond acceptors (Lipinski definition) is 4. The van der Waals surface area contributed by atoms with Crippen LogP contribution in [0.2, 0.25) is 5.02 Å². The Bertz CT molecular complexity index is 681. The summed E-state index contributed by atoms with van der Waals surface area (Å²) in [5, 5.41) is 20.6. The number of fused-ring (bicyclic) bond motifs is 1. The van der Waals surface area contributed by atoms with Gasteiger partial charge < -0.3 is 0 Å². The van der Waals surface area contributed by atoms with Gasteiger partial charge >= 0.3 is 0 Å². The van der Waals surface area contributed by atoms with Gasteiger partial charge in [0.05, 0.1) is 14.8 Å². The number of benzene rings is 1. The normalized spacial score (nSPS) is 10.2. The average Bonchev–Trinajstić information content (AvgIpc) is 2.29. The van der Waals surface area contributed by atoms with E-state index in [1.54, 1.807) is 6.07 Å². The molecule has 0 spiro atoms. The van der Waals surface area contributed by atoms with E-state index in [4.69, 9.17) is 16.9 Å². The highest BCUT2D eigenvalue weighted by molar-refractivity contribution is 9.10. The molecule has 7 heteroatoms. The third kappa shape index (κ3) is 1.84. The number of halogens is 2. The standard InChI is InChI=1S/C10H3BrClN3O2/c11-6-4-14-8(3-13)5-1-2-7(12)10(9(5)6)15(16)17/h1-2,4H. The van der Waals surface area contributed by atoms with Crippen molar-refractivity contribution in [1.29, 1.82) is 5.26 Å². The summed E-state index contributed by atoms with van der Waals surface area (Å²) in [6.07, 6.45) is 1.35. The van der Waals surface area contributed by atoms with Gasteiger partial charge in [0.2, 0.25) is 0 Å². The van der Waals surface area contributed by atoms with Gasteiger partial charge in [-0.15, -0.1) is 0 Å². The van der Waals surface area contributed by atoms with Gasteiger partial charge in [-0.25, -0.2) is 4.98 Å². The molecule has 0 saturated heterocycles. The molecule has 0 aliphatic heterocycles. The van der Waals surface area contributed by atoms with Crippen molar-refractivity contribution in [2.75, 3.05) is 0 Å². The monoisotopic (exact) mass is 311 g/mol. The van der Waals surface area contributed by atoms with Crippen molar-refractivity contribution >= 4 is 44.0 Å². The van der Waals surface area contributed by atoms with Crippen molar-refractivity contribution in [3.05, 3.63) is 43.6 Å². The van der Waals surface area contributed by atoms with E-state index in [9.17, 15) is 10.1 Å². The number of nitro groups is 1. The van der Waals surface area contributed by atoms with E-state index in [0.717, 1.165) is 0 Å².